The fourth-order valence-electron chi connectivity index (χ4n) is 4.41. The van der Waals surface area contributed by atoms with Crippen LogP contribution in [0.3, 0.4) is 0 Å². The largest absolute Gasteiger partial charge is 0.378 e. The van der Waals surface area contributed by atoms with Crippen molar-refractivity contribution in [1.82, 2.24) is 14.9 Å². The van der Waals surface area contributed by atoms with Gasteiger partial charge in [0.2, 0.25) is 5.95 Å². The summed E-state index contributed by atoms with van der Waals surface area (Å²) >= 11 is 0. The Balaban J connectivity index is 0.00000196. The third-order valence-corrected chi connectivity index (χ3v) is 6.12. The Morgan fingerprint density at radius 3 is 2.54 bits per heavy atom. The summed E-state index contributed by atoms with van der Waals surface area (Å²) in [4.78, 5) is 18.0. The minimum Gasteiger partial charge on any atom is -0.378 e. The molecule has 1 spiro atoms. The Labute approximate surface area is 172 Å². The number of halogens is 1. The predicted octanol–water partition coefficient (Wildman–Crippen LogP) is 1.88. The van der Waals surface area contributed by atoms with Crippen molar-refractivity contribution < 1.29 is 4.74 Å². The van der Waals surface area contributed by atoms with Gasteiger partial charge in [0.15, 0.2) is 5.96 Å². The van der Waals surface area contributed by atoms with Crippen LogP contribution in [-0.2, 0) is 4.74 Å². The molecule has 26 heavy (non-hydrogen) atoms. The van der Waals surface area contributed by atoms with Crippen LogP contribution >= 0.6 is 24.0 Å². The van der Waals surface area contributed by atoms with E-state index < -0.39 is 0 Å². The van der Waals surface area contributed by atoms with Gasteiger partial charge in [-0.25, -0.2) is 15.0 Å². The maximum atomic E-state index is 6.35. The maximum absolute atomic E-state index is 6.35. The molecule has 1 aromatic rings. The zero-order valence-corrected chi connectivity index (χ0v) is 17.7. The second-order valence-corrected chi connectivity index (χ2v) is 7.29. The molecule has 0 aromatic carbocycles. The monoisotopic (exact) mass is 472 g/mol. The van der Waals surface area contributed by atoms with Crippen LogP contribution in [0.1, 0.15) is 32.6 Å². The van der Waals surface area contributed by atoms with Gasteiger partial charge in [-0.05, 0) is 32.3 Å². The molecule has 0 amide bonds. The van der Waals surface area contributed by atoms with Crippen LogP contribution in [0.15, 0.2) is 23.5 Å². The second kappa shape index (κ2) is 8.24. The lowest BCUT2D eigenvalue weighted by Crippen LogP contribution is -2.62. The number of nitrogens with zero attached hydrogens (tertiary/aromatic N) is 5. The van der Waals surface area contributed by atoms with Crippen molar-refractivity contribution in [3.63, 3.8) is 0 Å². The van der Waals surface area contributed by atoms with Crippen molar-refractivity contribution >= 4 is 35.9 Å². The number of piperazine rings is 1. The van der Waals surface area contributed by atoms with Gasteiger partial charge in [-0.3, -0.25) is 0 Å². The molecule has 0 bridgehead atoms. The first-order valence-corrected chi connectivity index (χ1v) is 9.45. The van der Waals surface area contributed by atoms with Gasteiger partial charge < -0.3 is 20.3 Å². The Morgan fingerprint density at radius 2 is 1.96 bits per heavy atom. The van der Waals surface area contributed by atoms with Crippen molar-refractivity contribution in [2.24, 2.45) is 16.1 Å². The first kappa shape index (κ1) is 19.6. The molecule has 1 saturated heterocycles. The van der Waals surface area contributed by atoms with Gasteiger partial charge in [0, 0.05) is 50.6 Å². The van der Waals surface area contributed by atoms with Gasteiger partial charge >= 0.3 is 0 Å². The average molecular weight is 472 g/mol. The molecule has 1 aromatic heterocycles. The van der Waals surface area contributed by atoms with Crippen molar-refractivity contribution in [3.8, 4) is 0 Å². The number of hydrogen-bond acceptors (Lipinski definition) is 5. The van der Waals surface area contributed by atoms with E-state index in [4.69, 9.17) is 15.5 Å². The quantitative estimate of drug-likeness (QED) is 0.410. The molecule has 8 heteroatoms. The predicted molar refractivity (Wildman–Crippen MR) is 113 cm³/mol. The third kappa shape index (κ3) is 3.49. The SMILES string of the molecule is CCOC1CC(N=C(N)N2CCN(c3ncccn3)CC2)C12CCC2.I. The molecule has 1 aliphatic heterocycles. The number of aliphatic imine (C=N–C) groups is 1. The van der Waals surface area contributed by atoms with Crippen LogP contribution in [0, 0.1) is 5.41 Å². The normalized spacial score (nSPS) is 27.5. The lowest BCUT2D eigenvalue weighted by atomic mass is 9.51. The number of hydrogen-bond donors (Lipinski definition) is 1. The number of guanidine groups is 1. The molecule has 2 N–H and O–H groups in total. The van der Waals surface area contributed by atoms with Gasteiger partial charge in [-0.1, -0.05) is 6.42 Å². The zero-order valence-electron chi connectivity index (χ0n) is 15.4. The minimum atomic E-state index is 0. The summed E-state index contributed by atoms with van der Waals surface area (Å²) in [5, 5.41) is 0. The first-order chi connectivity index (χ1) is 12.2. The molecule has 2 saturated carbocycles. The topological polar surface area (TPSA) is 79.9 Å². The molecule has 2 aliphatic carbocycles. The van der Waals surface area contributed by atoms with E-state index in [-0.39, 0.29) is 29.4 Å². The van der Waals surface area contributed by atoms with Crippen molar-refractivity contribution in [2.45, 2.75) is 44.8 Å². The number of nitrogens with two attached hydrogens (primary N) is 1. The van der Waals surface area contributed by atoms with Gasteiger partial charge in [-0.15, -0.1) is 24.0 Å². The fraction of sp³-hybridized carbons (Fsp3) is 0.722. The number of anilines is 1. The Hall–Kier alpha value is -1.16. The second-order valence-electron chi connectivity index (χ2n) is 7.29. The molecule has 2 heterocycles. The molecule has 7 nitrogen and oxygen atoms in total. The standard InChI is InChI=1S/C18H28N6O.HI/c1-2-25-15-13-14(18(15)5-3-6-18)22-16(19)23-9-11-24(12-10-23)17-20-7-4-8-21-17;/h4,7-8,14-15H,2-3,5-6,9-13H2,1H3,(H2,19,22);1H. The van der Waals surface area contributed by atoms with E-state index in [0.29, 0.717) is 18.1 Å². The van der Waals surface area contributed by atoms with Gasteiger partial charge in [0.1, 0.15) is 0 Å². The van der Waals surface area contributed by atoms with Crippen LogP contribution in [0.5, 0.6) is 0 Å². The first-order valence-electron chi connectivity index (χ1n) is 9.45. The van der Waals surface area contributed by atoms with Gasteiger partial charge in [-0.2, -0.15) is 0 Å². The number of aromatic nitrogens is 2. The summed E-state index contributed by atoms with van der Waals surface area (Å²) in [7, 11) is 0. The summed E-state index contributed by atoms with van der Waals surface area (Å²) < 4.78 is 5.91. The maximum Gasteiger partial charge on any atom is 0.225 e. The summed E-state index contributed by atoms with van der Waals surface area (Å²) in [5.74, 6) is 1.49. The van der Waals surface area contributed by atoms with Crippen LogP contribution in [-0.4, -0.2) is 65.8 Å². The van der Waals surface area contributed by atoms with Crippen molar-refractivity contribution in [2.75, 3.05) is 37.7 Å². The molecule has 2 unspecified atom stereocenters. The van der Waals surface area contributed by atoms with E-state index in [1.54, 1.807) is 12.4 Å². The van der Waals surface area contributed by atoms with Gasteiger partial charge in [0.25, 0.3) is 0 Å². The lowest BCUT2D eigenvalue weighted by molar-refractivity contribution is -0.162. The molecule has 2 atom stereocenters. The van der Waals surface area contributed by atoms with E-state index in [9.17, 15) is 0 Å². The molecular formula is C18H29IN6O. The Bertz CT molecular complexity index is 615. The van der Waals surface area contributed by atoms with Crippen molar-refractivity contribution in [3.05, 3.63) is 18.5 Å². The molecule has 0 radical (unpaired) electrons. The van der Waals surface area contributed by atoms with Crippen LogP contribution in [0.2, 0.25) is 0 Å². The zero-order chi connectivity index (χ0) is 17.3. The van der Waals surface area contributed by atoms with E-state index in [1.165, 1.54) is 19.3 Å². The highest BCUT2D eigenvalue weighted by Crippen LogP contribution is 2.58. The summed E-state index contributed by atoms with van der Waals surface area (Å²) in [6.07, 6.45) is 8.75. The van der Waals surface area contributed by atoms with Crippen LogP contribution in [0.4, 0.5) is 5.95 Å². The molecule has 3 fully saturated rings. The smallest absolute Gasteiger partial charge is 0.225 e. The molecule has 3 aliphatic rings. The summed E-state index contributed by atoms with van der Waals surface area (Å²) in [6.45, 7) is 6.34. The van der Waals surface area contributed by atoms with Crippen LogP contribution < -0.4 is 10.6 Å². The number of rotatable bonds is 4. The molecule has 144 valence electrons. The highest BCUT2D eigenvalue weighted by molar-refractivity contribution is 14.0. The average Bonchev–Trinajstić information content (AvgIpc) is 2.60. The van der Waals surface area contributed by atoms with Gasteiger partial charge in [0.05, 0.1) is 12.1 Å². The Kier molecular flexibility index (Phi) is 6.21. The fourth-order valence-corrected chi connectivity index (χ4v) is 4.41. The van der Waals surface area contributed by atoms with Crippen LogP contribution in [0.25, 0.3) is 0 Å². The Morgan fingerprint density at radius 1 is 1.27 bits per heavy atom. The highest BCUT2D eigenvalue weighted by Gasteiger charge is 2.59. The summed E-state index contributed by atoms with van der Waals surface area (Å²) in [5.41, 5.74) is 6.63. The number of ether oxygens (including phenoxy) is 1. The lowest BCUT2D eigenvalue weighted by Gasteiger charge is -2.59. The highest BCUT2D eigenvalue weighted by atomic mass is 127. The van der Waals surface area contributed by atoms with E-state index in [1.807, 2.05) is 6.07 Å². The van der Waals surface area contributed by atoms with E-state index in [0.717, 1.165) is 45.2 Å². The minimum absolute atomic E-state index is 0. The molecule has 4 rings (SSSR count). The summed E-state index contributed by atoms with van der Waals surface area (Å²) in [6, 6.07) is 2.18. The third-order valence-electron chi connectivity index (χ3n) is 6.12. The van der Waals surface area contributed by atoms with E-state index in [2.05, 4.69) is 26.7 Å². The molecular weight excluding hydrogens is 443 g/mol. The van der Waals surface area contributed by atoms with Crippen molar-refractivity contribution in [1.29, 1.82) is 0 Å². The van der Waals surface area contributed by atoms with E-state index >= 15 is 0 Å².